The highest BCUT2D eigenvalue weighted by Crippen LogP contribution is 2.25. The first kappa shape index (κ1) is 42.5. The lowest BCUT2D eigenvalue weighted by Crippen LogP contribution is -2.09. The normalized spacial score (nSPS) is 11.9. The summed E-state index contributed by atoms with van der Waals surface area (Å²) in [5.74, 6) is 0.211. The zero-order valence-electron chi connectivity index (χ0n) is 32.9. The molecule has 0 heterocycles. The minimum atomic E-state index is -0.343. The molecule has 0 fully saturated rings. The number of unbranched alkanes of at least 4 members (excludes halogenated alkanes) is 21. The van der Waals surface area contributed by atoms with E-state index >= 15 is 0 Å². The molecule has 0 N–H and O–H groups in total. The van der Waals surface area contributed by atoms with Gasteiger partial charge >= 0.3 is 5.97 Å². The predicted molar refractivity (Wildman–Crippen MR) is 219 cm³/mol. The summed E-state index contributed by atoms with van der Waals surface area (Å²) in [5, 5.41) is 0. The van der Waals surface area contributed by atoms with E-state index in [0.717, 1.165) is 30.6 Å². The molecule has 1 unspecified atom stereocenters. The van der Waals surface area contributed by atoms with E-state index < -0.39 is 0 Å². The van der Waals surface area contributed by atoms with E-state index in [1.165, 1.54) is 152 Å². The second kappa shape index (κ2) is 27.7. The van der Waals surface area contributed by atoms with Crippen molar-refractivity contribution in [3.8, 4) is 16.9 Å². The fourth-order valence-corrected chi connectivity index (χ4v) is 6.93. The topological polar surface area (TPSA) is 35.5 Å². The van der Waals surface area contributed by atoms with Crippen molar-refractivity contribution in [3.63, 3.8) is 0 Å². The van der Waals surface area contributed by atoms with E-state index in [0.29, 0.717) is 11.3 Å². The van der Waals surface area contributed by atoms with E-state index in [1.54, 1.807) is 0 Å². The molecule has 0 aliphatic carbocycles. The Labute approximate surface area is 313 Å². The highest BCUT2D eigenvalue weighted by molar-refractivity contribution is 5.91. The van der Waals surface area contributed by atoms with Crippen LogP contribution in [-0.2, 0) is 11.2 Å². The Kier molecular flexibility index (Phi) is 23.1. The van der Waals surface area contributed by atoms with Crippen molar-refractivity contribution < 1.29 is 14.3 Å². The van der Waals surface area contributed by atoms with Crippen molar-refractivity contribution in [2.24, 2.45) is 0 Å². The summed E-state index contributed by atoms with van der Waals surface area (Å²) in [7, 11) is 0. The van der Waals surface area contributed by atoms with Crippen LogP contribution in [0.4, 0.5) is 0 Å². The fourth-order valence-electron chi connectivity index (χ4n) is 6.93. The first-order valence-electron chi connectivity index (χ1n) is 21.2. The van der Waals surface area contributed by atoms with Crippen LogP contribution in [0.25, 0.3) is 11.1 Å². The Morgan fingerprint density at radius 3 is 1.37 bits per heavy atom. The van der Waals surface area contributed by atoms with E-state index in [-0.39, 0.29) is 12.1 Å². The van der Waals surface area contributed by atoms with Crippen molar-refractivity contribution in [1.82, 2.24) is 0 Å². The van der Waals surface area contributed by atoms with Gasteiger partial charge in [0.05, 0.1) is 11.7 Å². The lowest BCUT2D eigenvalue weighted by atomic mass is 10.0. The number of benzene rings is 3. The van der Waals surface area contributed by atoms with Crippen LogP contribution in [0.5, 0.6) is 5.75 Å². The zero-order chi connectivity index (χ0) is 36.2. The lowest BCUT2D eigenvalue weighted by Gasteiger charge is -2.14. The largest absolute Gasteiger partial charge is 0.423 e. The summed E-state index contributed by atoms with van der Waals surface area (Å²) in [5.41, 5.74) is 5.32. The van der Waals surface area contributed by atoms with Gasteiger partial charge in [-0.15, -0.1) is 0 Å². The summed E-state index contributed by atoms with van der Waals surface area (Å²) >= 11 is 0. The molecular weight excluding hydrogens is 625 g/mol. The Bertz CT molecular complexity index is 1260. The molecule has 0 radical (unpaired) electrons. The van der Waals surface area contributed by atoms with E-state index in [4.69, 9.17) is 9.47 Å². The van der Waals surface area contributed by atoms with Gasteiger partial charge in [-0.25, -0.2) is 4.79 Å². The average Bonchev–Trinajstić information content (AvgIpc) is 3.16. The third-order valence-electron chi connectivity index (χ3n) is 10.4. The van der Waals surface area contributed by atoms with Crippen molar-refractivity contribution in [3.05, 3.63) is 89.5 Å². The van der Waals surface area contributed by atoms with Gasteiger partial charge in [0, 0.05) is 6.61 Å². The number of esters is 1. The van der Waals surface area contributed by atoms with Crippen molar-refractivity contribution in [2.75, 3.05) is 6.61 Å². The highest BCUT2D eigenvalue weighted by atomic mass is 16.5. The number of carbonyl (C=O) groups excluding carboxylic acids is 1. The van der Waals surface area contributed by atoms with Gasteiger partial charge in [0.1, 0.15) is 5.75 Å². The van der Waals surface area contributed by atoms with E-state index in [2.05, 4.69) is 45.0 Å². The molecule has 0 spiro atoms. The first-order valence-corrected chi connectivity index (χ1v) is 21.2. The lowest BCUT2D eigenvalue weighted by molar-refractivity contribution is 0.0626. The van der Waals surface area contributed by atoms with Crippen LogP contribution in [-0.4, -0.2) is 12.6 Å². The van der Waals surface area contributed by atoms with Gasteiger partial charge in [-0.3, -0.25) is 0 Å². The van der Waals surface area contributed by atoms with Gasteiger partial charge in [-0.1, -0.05) is 197 Å². The summed E-state index contributed by atoms with van der Waals surface area (Å²) in [6.07, 6.45) is 32.6. The van der Waals surface area contributed by atoms with Crippen LogP contribution < -0.4 is 4.74 Å². The summed E-state index contributed by atoms with van der Waals surface area (Å²) < 4.78 is 11.8. The van der Waals surface area contributed by atoms with Gasteiger partial charge in [0.15, 0.2) is 0 Å². The van der Waals surface area contributed by atoms with Crippen LogP contribution in [0.15, 0.2) is 72.8 Å². The van der Waals surface area contributed by atoms with Crippen LogP contribution in [0.3, 0.4) is 0 Å². The number of hydrogen-bond donors (Lipinski definition) is 0. The Morgan fingerprint density at radius 1 is 0.490 bits per heavy atom. The van der Waals surface area contributed by atoms with Crippen LogP contribution in [0, 0.1) is 0 Å². The van der Waals surface area contributed by atoms with E-state index in [1.807, 2.05) is 48.5 Å². The quantitative estimate of drug-likeness (QED) is 0.0395. The molecule has 0 amide bonds. The van der Waals surface area contributed by atoms with Crippen molar-refractivity contribution in [1.29, 1.82) is 0 Å². The SMILES string of the molecule is CCCCCCCCCCCCCCCCCCCCOC(C)c1ccc(C(=O)Oc2ccc(-c3ccc(CCCCCCC)cc3)cc2)cc1. The molecule has 3 aromatic rings. The van der Waals surface area contributed by atoms with Crippen LogP contribution in [0.2, 0.25) is 0 Å². The second-order valence-electron chi connectivity index (χ2n) is 14.9. The smallest absolute Gasteiger partial charge is 0.343 e. The third-order valence-corrected chi connectivity index (χ3v) is 10.4. The molecule has 0 aliphatic heterocycles. The molecule has 0 saturated carbocycles. The molecular formula is C48H72O3. The molecule has 3 nitrogen and oxygen atoms in total. The number of aryl methyl sites for hydroxylation is 1. The third kappa shape index (κ3) is 18.9. The standard InChI is InChI=1S/C48H72O3/c1-4-6-8-10-11-12-13-14-15-16-17-18-19-20-21-22-24-26-40-50-41(3)43-32-34-46(35-33-43)48(49)51-47-38-36-45(37-39-47)44-30-28-42(29-31-44)27-25-23-9-7-5-2/h28-39,41H,4-27,40H2,1-3H3. The minimum absolute atomic E-state index is 0.00766. The van der Waals surface area contributed by atoms with Gasteiger partial charge < -0.3 is 9.47 Å². The molecule has 0 aromatic heterocycles. The molecule has 0 saturated heterocycles. The molecule has 0 bridgehead atoms. The van der Waals surface area contributed by atoms with Crippen LogP contribution >= 0.6 is 0 Å². The van der Waals surface area contributed by atoms with Gasteiger partial charge in [0.2, 0.25) is 0 Å². The van der Waals surface area contributed by atoms with Crippen LogP contribution in [0.1, 0.15) is 196 Å². The second-order valence-corrected chi connectivity index (χ2v) is 14.9. The average molecular weight is 697 g/mol. The maximum atomic E-state index is 12.8. The predicted octanol–water partition coefficient (Wildman–Crippen LogP) is 15.2. The number of rotatable bonds is 30. The highest BCUT2D eigenvalue weighted by Gasteiger charge is 2.12. The Morgan fingerprint density at radius 2 is 0.902 bits per heavy atom. The molecule has 1 atom stereocenters. The zero-order valence-corrected chi connectivity index (χ0v) is 32.9. The van der Waals surface area contributed by atoms with Gasteiger partial charge in [0.25, 0.3) is 0 Å². The number of carbonyl (C=O) groups is 1. The summed E-state index contributed by atoms with van der Waals surface area (Å²) in [6, 6.07) is 24.3. The summed E-state index contributed by atoms with van der Waals surface area (Å²) in [4.78, 5) is 12.8. The fraction of sp³-hybridized carbons (Fsp3) is 0.604. The number of ether oxygens (including phenoxy) is 2. The monoisotopic (exact) mass is 697 g/mol. The van der Waals surface area contributed by atoms with Crippen molar-refractivity contribution in [2.45, 2.75) is 181 Å². The maximum absolute atomic E-state index is 12.8. The first-order chi connectivity index (χ1) is 25.1. The molecule has 3 heteroatoms. The van der Waals surface area contributed by atoms with E-state index in [9.17, 15) is 4.79 Å². The summed E-state index contributed by atoms with van der Waals surface area (Å²) in [6.45, 7) is 7.42. The molecule has 282 valence electrons. The molecule has 3 aromatic carbocycles. The molecule has 0 aliphatic rings. The molecule has 51 heavy (non-hydrogen) atoms. The minimum Gasteiger partial charge on any atom is -0.423 e. The Balaban J connectivity index is 1.21. The van der Waals surface area contributed by atoms with Gasteiger partial charge in [-0.05, 0) is 72.7 Å². The van der Waals surface area contributed by atoms with Crippen molar-refractivity contribution >= 4 is 5.97 Å². The number of hydrogen-bond acceptors (Lipinski definition) is 3. The van der Waals surface area contributed by atoms with Gasteiger partial charge in [-0.2, -0.15) is 0 Å². The molecule has 3 rings (SSSR count). The maximum Gasteiger partial charge on any atom is 0.343 e. The Hall–Kier alpha value is -2.91.